The summed E-state index contributed by atoms with van der Waals surface area (Å²) in [5, 5.41) is 11.6. The summed E-state index contributed by atoms with van der Waals surface area (Å²) in [6.45, 7) is 0. The van der Waals surface area contributed by atoms with Crippen molar-refractivity contribution in [3.8, 4) is 6.07 Å². The molecule has 2 aromatic rings. The minimum Gasteiger partial charge on any atom is -0.323 e. The monoisotopic (exact) mass is 256 g/mol. The van der Waals surface area contributed by atoms with Gasteiger partial charge >= 0.3 is 0 Å². The van der Waals surface area contributed by atoms with Gasteiger partial charge in [-0.2, -0.15) is 5.26 Å². The summed E-state index contributed by atoms with van der Waals surface area (Å²) < 4.78 is 12.7. The molecule has 1 N–H and O–H groups in total. The van der Waals surface area contributed by atoms with E-state index < -0.39 is 17.6 Å². The Bertz CT molecular complexity index is 607. The van der Waals surface area contributed by atoms with Gasteiger partial charge in [0.25, 0.3) is 0 Å². The fraction of sp³-hybridized carbons (Fsp3) is 0.0769. The minimum absolute atomic E-state index is 0.199. The summed E-state index contributed by atoms with van der Waals surface area (Å²) in [5.74, 6) is -2.15. The van der Waals surface area contributed by atoms with Crippen molar-refractivity contribution < 1.29 is 9.18 Å². The van der Waals surface area contributed by atoms with Gasteiger partial charge in [-0.1, -0.05) is 0 Å². The van der Waals surface area contributed by atoms with E-state index in [-0.39, 0.29) is 5.69 Å². The van der Waals surface area contributed by atoms with Crippen LogP contribution in [0.4, 0.5) is 10.1 Å². The molecule has 94 valence electrons. The number of pyridine rings is 2. The van der Waals surface area contributed by atoms with Crippen molar-refractivity contribution in [3.05, 3.63) is 54.4 Å². The zero-order valence-corrected chi connectivity index (χ0v) is 9.75. The van der Waals surface area contributed by atoms with Crippen molar-refractivity contribution in [1.29, 1.82) is 5.26 Å². The highest BCUT2D eigenvalue weighted by molar-refractivity contribution is 5.97. The van der Waals surface area contributed by atoms with E-state index in [1.165, 1.54) is 12.3 Å². The van der Waals surface area contributed by atoms with Crippen molar-refractivity contribution in [3.63, 3.8) is 0 Å². The lowest BCUT2D eigenvalue weighted by Crippen LogP contribution is -2.20. The molecule has 1 amide bonds. The Kier molecular flexibility index (Phi) is 3.78. The zero-order valence-electron chi connectivity index (χ0n) is 9.75. The molecular formula is C13H9FN4O. The second-order valence-corrected chi connectivity index (χ2v) is 3.69. The maximum absolute atomic E-state index is 12.7. The molecule has 19 heavy (non-hydrogen) atoms. The Hall–Kier alpha value is -2.81. The van der Waals surface area contributed by atoms with Gasteiger partial charge < -0.3 is 5.32 Å². The van der Waals surface area contributed by atoms with Crippen molar-refractivity contribution >= 4 is 11.6 Å². The van der Waals surface area contributed by atoms with Gasteiger partial charge in [0, 0.05) is 6.20 Å². The van der Waals surface area contributed by atoms with Crippen LogP contribution in [-0.2, 0) is 4.79 Å². The number of nitriles is 1. The second kappa shape index (κ2) is 5.69. The topological polar surface area (TPSA) is 78.7 Å². The van der Waals surface area contributed by atoms with Gasteiger partial charge in [0.1, 0.15) is 5.82 Å². The van der Waals surface area contributed by atoms with Gasteiger partial charge in [0.2, 0.25) is 5.91 Å². The summed E-state index contributed by atoms with van der Waals surface area (Å²) >= 11 is 0. The minimum atomic E-state index is -1.10. The Balaban J connectivity index is 2.16. The second-order valence-electron chi connectivity index (χ2n) is 3.69. The quantitative estimate of drug-likeness (QED) is 0.909. The van der Waals surface area contributed by atoms with Crippen LogP contribution in [0.1, 0.15) is 11.6 Å². The molecule has 0 unspecified atom stereocenters. The van der Waals surface area contributed by atoms with E-state index in [9.17, 15) is 9.18 Å². The lowest BCUT2D eigenvalue weighted by molar-refractivity contribution is -0.116. The Morgan fingerprint density at radius 2 is 2.21 bits per heavy atom. The van der Waals surface area contributed by atoms with E-state index in [2.05, 4.69) is 15.3 Å². The number of hydrogen-bond acceptors (Lipinski definition) is 4. The third kappa shape index (κ3) is 3.10. The highest BCUT2D eigenvalue weighted by atomic mass is 19.1. The zero-order chi connectivity index (χ0) is 13.7. The van der Waals surface area contributed by atoms with Gasteiger partial charge in [-0.25, -0.2) is 4.39 Å². The summed E-state index contributed by atoms with van der Waals surface area (Å²) in [6.07, 6.45) is 4.00. The average Bonchev–Trinajstić information content (AvgIpc) is 2.43. The predicted octanol–water partition coefficient (Wildman–Crippen LogP) is 1.86. The Morgan fingerprint density at radius 3 is 2.79 bits per heavy atom. The molecule has 0 fully saturated rings. The van der Waals surface area contributed by atoms with Gasteiger partial charge in [-0.05, 0) is 24.3 Å². The molecule has 0 bridgehead atoms. The molecule has 0 aromatic carbocycles. The molecule has 5 nitrogen and oxygen atoms in total. The van der Waals surface area contributed by atoms with Crippen LogP contribution in [0.25, 0.3) is 0 Å². The van der Waals surface area contributed by atoms with Crippen molar-refractivity contribution in [2.45, 2.75) is 5.92 Å². The maximum Gasteiger partial charge on any atom is 0.247 e. The molecule has 2 rings (SSSR count). The maximum atomic E-state index is 12.7. The molecule has 0 aliphatic carbocycles. The number of carbonyl (C=O) groups excluding carboxylic acids is 1. The van der Waals surface area contributed by atoms with Gasteiger partial charge in [-0.3, -0.25) is 14.8 Å². The largest absolute Gasteiger partial charge is 0.323 e. The van der Waals surface area contributed by atoms with E-state index in [4.69, 9.17) is 5.26 Å². The first kappa shape index (κ1) is 12.6. The Morgan fingerprint density at radius 1 is 1.37 bits per heavy atom. The van der Waals surface area contributed by atoms with Crippen LogP contribution >= 0.6 is 0 Å². The van der Waals surface area contributed by atoms with E-state index >= 15 is 0 Å². The number of amides is 1. The molecule has 0 aliphatic heterocycles. The van der Waals surface area contributed by atoms with Crippen molar-refractivity contribution in [1.82, 2.24) is 9.97 Å². The molecule has 1 atom stereocenters. The molecule has 2 aromatic heterocycles. The third-order valence-corrected chi connectivity index (χ3v) is 2.37. The van der Waals surface area contributed by atoms with Crippen molar-refractivity contribution in [2.75, 3.05) is 5.32 Å². The smallest absolute Gasteiger partial charge is 0.247 e. The third-order valence-electron chi connectivity index (χ3n) is 2.37. The van der Waals surface area contributed by atoms with Gasteiger partial charge in [-0.15, -0.1) is 0 Å². The number of carbonyl (C=O) groups is 1. The van der Waals surface area contributed by atoms with Crippen LogP contribution in [0, 0.1) is 17.1 Å². The normalized spacial score (nSPS) is 11.4. The van der Waals surface area contributed by atoms with Crippen molar-refractivity contribution in [2.24, 2.45) is 0 Å². The summed E-state index contributed by atoms with van der Waals surface area (Å²) in [7, 11) is 0. The van der Waals surface area contributed by atoms with E-state index in [0.717, 1.165) is 12.3 Å². The highest BCUT2D eigenvalue weighted by Crippen LogP contribution is 2.15. The number of nitrogens with zero attached hydrogens (tertiary/aromatic N) is 3. The number of aromatic nitrogens is 2. The standard InChI is InChI=1S/C13H9FN4O/c14-9-3-4-12(17-7-9)11(6-15)13(19)18-10-2-1-5-16-8-10/h1-5,7-8,11H,(H,18,19)/t11-/m0/s1. The number of nitrogens with one attached hydrogen (secondary N) is 1. The molecule has 0 saturated carbocycles. The number of rotatable bonds is 3. The summed E-state index contributed by atoms with van der Waals surface area (Å²) in [6, 6.07) is 7.62. The highest BCUT2D eigenvalue weighted by Gasteiger charge is 2.21. The number of halogens is 1. The van der Waals surface area contributed by atoms with Gasteiger partial charge in [0.05, 0.1) is 29.8 Å². The fourth-order valence-corrected chi connectivity index (χ4v) is 1.47. The predicted molar refractivity (Wildman–Crippen MR) is 65.4 cm³/mol. The molecule has 0 radical (unpaired) electrons. The summed E-state index contributed by atoms with van der Waals surface area (Å²) in [5.41, 5.74) is 0.681. The van der Waals surface area contributed by atoms with E-state index in [1.54, 1.807) is 18.3 Å². The summed E-state index contributed by atoms with van der Waals surface area (Å²) in [4.78, 5) is 19.5. The molecule has 6 heteroatoms. The van der Waals surface area contributed by atoms with E-state index in [1.807, 2.05) is 6.07 Å². The van der Waals surface area contributed by atoms with Crippen LogP contribution < -0.4 is 5.32 Å². The van der Waals surface area contributed by atoms with Crippen LogP contribution in [-0.4, -0.2) is 15.9 Å². The number of anilines is 1. The van der Waals surface area contributed by atoms with E-state index in [0.29, 0.717) is 5.69 Å². The van der Waals surface area contributed by atoms with Crippen LogP contribution in [0.15, 0.2) is 42.9 Å². The Labute approximate surface area is 108 Å². The first-order valence-corrected chi connectivity index (χ1v) is 5.42. The first-order chi connectivity index (χ1) is 9.20. The SMILES string of the molecule is N#C[C@H](C(=O)Nc1cccnc1)c1ccc(F)cn1. The lowest BCUT2D eigenvalue weighted by atomic mass is 10.1. The lowest BCUT2D eigenvalue weighted by Gasteiger charge is -2.09. The molecule has 0 aliphatic rings. The molecule has 0 saturated heterocycles. The number of hydrogen-bond donors (Lipinski definition) is 1. The van der Waals surface area contributed by atoms with Crippen LogP contribution in [0.3, 0.4) is 0 Å². The first-order valence-electron chi connectivity index (χ1n) is 5.42. The molecular weight excluding hydrogens is 247 g/mol. The fourth-order valence-electron chi connectivity index (χ4n) is 1.47. The average molecular weight is 256 g/mol. The molecule has 0 spiro atoms. The van der Waals surface area contributed by atoms with Crippen LogP contribution in [0.5, 0.6) is 0 Å². The van der Waals surface area contributed by atoms with Gasteiger partial charge in [0.15, 0.2) is 5.92 Å². The molecule has 2 heterocycles. The van der Waals surface area contributed by atoms with Crippen LogP contribution in [0.2, 0.25) is 0 Å².